The third-order valence-electron chi connectivity index (χ3n) is 3.22. The normalized spacial score (nSPS) is 17.0. The second-order valence-electron chi connectivity index (χ2n) is 4.18. The number of hydrogen-bond donors (Lipinski definition) is 1. The van der Waals surface area contributed by atoms with Crippen molar-refractivity contribution in [3.05, 3.63) is 17.5 Å². The van der Waals surface area contributed by atoms with Gasteiger partial charge >= 0.3 is 0 Å². The van der Waals surface area contributed by atoms with Gasteiger partial charge in [0.05, 0.1) is 12.2 Å². The van der Waals surface area contributed by atoms with Crippen LogP contribution in [0.5, 0.6) is 0 Å². The van der Waals surface area contributed by atoms with E-state index in [2.05, 4.69) is 16.7 Å². The maximum Gasteiger partial charge on any atom is 0.0524 e. The Morgan fingerprint density at radius 2 is 2.36 bits per heavy atom. The van der Waals surface area contributed by atoms with E-state index in [0.717, 1.165) is 19.4 Å². The van der Waals surface area contributed by atoms with Crippen LogP contribution in [0.1, 0.15) is 43.0 Å². The lowest BCUT2D eigenvalue weighted by atomic mass is 9.93. The zero-order valence-corrected chi connectivity index (χ0v) is 8.87. The van der Waals surface area contributed by atoms with Gasteiger partial charge in [-0.15, -0.1) is 0 Å². The van der Waals surface area contributed by atoms with Crippen molar-refractivity contribution < 1.29 is 0 Å². The third kappa shape index (κ3) is 1.69. The molecule has 2 N–H and O–H groups in total. The lowest BCUT2D eigenvalue weighted by Crippen LogP contribution is -2.19. The molecular formula is C11H19N3. The van der Waals surface area contributed by atoms with Crippen molar-refractivity contribution >= 4 is 0 Å². The van der Waals surface area contributed by atoms with Crippen LogP contribution in [0.4, 0.5) is 0 Å². The van der Waals surface area contributed by atoms with Gasteiger partial charge in [-0.2, -0.15) is 5.10 Å². The average Bonchev–Trinajstić information content (AvgIpc) is 2.43. The van der Waals surface area contributed by atoms with Crippen LogP contribution < -0.4 is 5.73 Å². The van der Waals surface area contributed by atoms with Crippen LogP contribution in [-0.4, -0.2) is 16.3 Å². The van der Waals surface area contributed by atoms with Crippen LogP contribution >= 0.6 is 0 Å². The Hall–Kier alpha value is -0.830. The summed E-state index contributed by atoms with van der Waals surface area (Å²) in [7, 11) is 0. The summed E-state index contributed by atoms with van der Waals surface area (Å²) in [6, 6.07) is 0.682. The Bertz CT molecular complexity index is 299. The second kappa shape index (κ2) is 4.13. The molecule has 1 saturated carbocycles. The molecule has 0 spiro atoms. The van der Waals surface area contributed by atoms with Gasteiger partial charge in [0.25, 0.3) is 0 Å². The summed E-state index contributed by atoms with van der Waals surface area (Å²) >= 11 is 0. The zero-order valence-electron chi connectivity index (χ0n) is 8.87. The lowest BCUT2D eigenvalue weighted by Gasteiger charge is -2.27. The van der Waals surface area contributed by atoms with Crippen LogP contribution in [0.3, 0.4) is 0 Å². The molecule has 1 aromatic rings. The number of hydrogen-bond acceptors (Lipinski definition) is 2. The molecule has 1 heterocycles. The highest BCUT2D eigenvalue weighted by Crippen LogP contribution is 2.32. The van der Waals surface area contributed by atoms with E-state index in [9.17, 15) is 0 Å². The van der Waals surface area contributed by atoms with E-state index in [-0.39, 0.29) is 0 Å². The molecule has 0 bridgehead atoms. The van der Waals surface area contributed by atoms with Crippen LogP contribution in [0.15, 0.2) is 6.20 Å². The highest BCUT2D eigenvalue weighted by Gasteiger charge is 2.22. The summed E-state index contributed by atoms with van der Waals surface area (Å²) in [6.07, 6.45) is 8.13. The van der Waals surface area contributed by atoms with E-state index < -0.39 is 0 Å². The first-order valence-corrected chi connectivity index (χ1v) is 5.56. The number of nitrogens with zero attached hydrogens (tertiary/aromatic N) is 2. The van der Waals surface area contributed by atoms with Gasteiger partial charge in [-0.3, -0.25) is 4.68 Å². The minimum absolute atomic E-state index is 0.682. The maximum atomic E-state index is 5.50. The molecule has 0 unspecified atom stereocenters. The fourth-order valence-electron chi connectivity index (χ4n) is 2.00. The highest BCUT2D eigenvalue weighted by molar-refractivity contribution is 5.17. The van der Waals surface area contributed by atoms with E-state index in [4.69, 9.17) is 5.73 Å². The summed E-state index contributed by atoms with van der Waals surface area (Å²) in [5.74, 6) is 0. The van der Waals surface area contributed by atoms with E-state index >= 15 is 0 Å². The Morgan fingerprint density at radius 1 is 1.57 bits per heavy atom. The Labute approximate surface area is 85.3 Å². The zero-order chi connectivity index (χ0) is 9.97. The molecule has 3 nitrogen and oxygen atoms in total. The Morgan fingerprint density at radius 3 is 2.93 bits per heavy atom. The fourth-order valence-corrected chi connectivity index (χ4v) is 2.00. The van der Waals surface area contributed by atoms with Gasteiger partial charge in [-0.05, 0) is 51.1 Å². The van der Waals surface area contributed by atoms with Crippen LogP contribution in [0.25, 0.3) is 0 Å². The average molecular weight is 193 g/mol. The molecule has 0 atom stereocenters. The van der Waals surface area contributed by atoms with Gasteiger partial charge in [0.2, 0.25) is 0 Å². The number of aromatic nitrogens is 2. The number of aryl methyl sites for hydroxylation is 1. The van der Waals surface area contributed by atoms with Gasteiger partial charge in [-0.1, -0.05) is 0 Å². The van der Waals surface area contributed by atoms with E-state index in [0.29, 0.717) is 6.04 Å². The molecule has 0 aromatic carbocycles. The largest absolute Gasteiger partial charge is 0.330 e. The molecule has 1 aliphatic rings. The third-order valence-corrected chi connectivity index (χ3v) is 3.22. The van der Waals surface area contributed by atoms with E-state index in [1.165, 1.54) is 30.5 Å². The molecule has 2 rings (SSSR count). The minimum Gasteiger partial charge on any atom is -0.330 e. The van der Waals surface area contributed by atoms with Crippen LogP contribution in [0.2, 0.25) is 0 Å². The number of rotatable bonds is 4. The first kappa shape index (κ1) is 9.71. The molecule has 1 aromatic heterocycles. The summed E-state index contributed by atoms with van der Waals surface area (Å²) in [5.41, 5.74) is 8.23. The molecule has 78 valence electrons. The standard InChI is InChI=1S/C11H19N3/c1-9-10(4-3-7-12)8-13-14(9)11-5-2-6-11/h8,11H,2-7,12H2,1H3. The quantitative estimate of drug-likeness (QED) is 0.792. The minimum atomic E-state index is 0.682. The SMILES string of the molecule is Cc1c(CCCN)cnn1C1CCC1. The van der Waals surface area contributed by atoms with Crippen molar-refractivity contribution in [1.29, 1.82) is 0 Å². The molecule has 1 aliphatic carbocycles. The first-order valence-electron chi connectivity index (χ1n) is 5.56. The van der Waals surface area contributed by atoms with E-state index in [1.807, 2.05) is 6.20 Å². The molecular weight excluding hydrogens is 174 g/mol. The monoisotopic (exact) mass is 193 g/mol. The highest BCUT2D eigenvalue weighted by atomic mass is 15.3. The van der Waals surface area contributed by atoms with Crippen molar-refractivity contribution in [1.82, 2.24) is 9.78 Å². The summed E-state index contributed by atoms with van der Waals surface area (Å²) in [5, 5.41) is 4.47. The summed E-state index contributed by atoms with van der Waals surface area (Å²) in [4.78, 5) is 0. The number of nitrogens with two attached hydrogens (primary N) is 1. The lowest BCUT2D eigenvalue weighted by molar-refractivity contribution is 0.284. The summed E-state index contributed by atoms with van der Waals surface area (Å²) in [6.45, 7) is 2.95. The molecule has 0 radical (unpaired) electrons. The molecule has 0 aliphatic heterocycles. The van der Waals surface area contributed by atoms with Crippen LogP contribution in [-0.2, 0) is 6.42 Å². The topological polar surface area (TPSA) is 43.8 Å². The maximum absolute atomic E-state index is 5.50. The van der Waals surface area contributed by atoms with Crippen molar-refractivity contribution in [3.8, 4) is 0 Å². The smallest absolute Gasteiger partial charge is 0.0524 e. The molecule has 1 fully saturated rings. The van der Waals surface area contributed by atoms with Crippen molar-refractivity contribution in [2.24, 2.45) is 5.73 Å². The van der Waals surface area contributed by atoms with Gasteiger partial charge in [0.1, 0.15) is 0 Å². The first-order chi connectivity index (χ1) is 6.83. The van der Waals surface area contributed by atoms with Crippen molar-refractivity contribution in [2.75, 3.05) is 6.54 Å². The van der Waals surface area contributed by atoms with E-state index in [1.54, 1.807) is 0 Å². The van der Waals surface area contributed by atoms with Gasteiger partial charge in [-0.25, -0.2) is 0 Å². The molecule has 14 heavy (non-hydrogen) atoms. The molecule has 0 saturated heterocycles. The molecule has 3 heteroatoms. The van der Waals surface area contributed by atoms with Crippen molar-refractivity contribution in [3.63, 3.8) is 0 Å². The van der Waals surface area contributed by atoms with Gasteiger partial charge < -0.3 is 5.73 Å². The summed E-state index contributed by atoms with van der Waals surface area (Å²) < 4.78 is 2.20. The van der Waals surface area contributed by atoms with Gasteiger partial charge in [0, 0.05) is 5.69 Å². The Kier molecular flexibility index (Phi) is 2.87. The predicted octanol–water partition coefficient (Wildman–Crippen LogP) is 1.81. The van der Waals surface area contributed by atoms with Crippen molar-refractivity contribution in [2.45, 2.75) is 45.1 Å². The molecule has 0 amide bonds. The fraction of sp³-hybridized carbons (Fsp3) is 0.727. The van der Waals surface area contributed by atoms with Gasteiger partial charge in [0.15, 0.2) is 0 Å². The van der Waals surface area contributed by atoms with Crippen LogP contribution in [0, 0.1) is 6.92 Å². The Balaban J connectivity index is 2.06. The second-order valence-corrected chi connectivity index (χ2v) is 4.18. The predicted molar refractivity (Wildman–Crippen MR) is 57.2 cm³/mol.